The van der Waals surface area contributed by atoms with E-state index in [-0.39, 0.29) is 11.6 Å². The highest BCUT2D eigenvalue weighted by Gasteiger charge is 2.14. The lowest BCUT2D eigenvalue weighted by Crippen LogP contribution is -2.05. The summed E-state index contributed by atoms with van der Waals surface area (Å²) in [4.78, 5) is 26.4. The van der Waals surface area contributed by atoms with E-state index in [1.165, 1.54) is 36.6 Å². The SMILES string of the molecule is CC(=O)Nc1sc(N/N=C/c2cccc([N+](=O)[O-])c2)nc1-c1ccc(C)cc1. The molecule has 8 nitrogen and oxygen atoms in total. The second-order valence-electron chi connectivity index (χ2n) is 5.97. The minimum absolute atomic E-state index is 0.00667. The molecule has 0 aliphatic rings. The quantitative estimate of drug-likeness (QED) is 0.364. The van der Waals surface area contributed by atoms with E-state index >= 15 is 0 Å². The van der Waals surface area contributed by atoms with Gasteiger partial charge in [0.2, 0.25) is 11.0 Å². The molecule has 3 aromatic rings. The Morgan fingerprint density at radius 2 is 2.00 bits per heavy atom. The van der Waals surface area contributed by atoms with Gasteiger partial charge in [-0.25, -0.2) is 4.98 Å². The summed E-state index contributed by atoms with van der Waals surface area (Å²) in [6.45, 7) is 3.43. The first-order valence-corrected chi connectivity index (χ1v) is 9.13. The molecule has 28 heavy (non-hydrogen) atoms. The Morgan fingerprint density at radius 1 is 1.25 bits per heavy atom. The number of hydrogen-bond acceptors (Lipinski definition) is 7. The molecule has 0 radical (unpaired) electrons. The second-order valence-corrected chi connectivity index (χ2v) is 6.97. The van der Waals surface area contributed by atoms with Crippen LogP contribution in [0.1, 0.15) is 18.1 Å². The molecule has 2 N–H and O–H groups in total. The Morgan fingerprint density at radius 3 is 2.68 bits per heavy atom. The van der Waals surface area contributed by atoms with Gasteiger partial charge in [0.05, 0.1) is 11.1 Å². The zero-order valence-electron chi connectivity index (χ0n) is 15.2. The van der Waals surface area contributed by atoms with Gasteiger partial charge < -0.3 is 5.32 Å². The van der Waals surface area contributed by atoms with Crippen molar-refractivity contribution in [2.75, 3.05) is 10.7 Å². The zero-order chi connectivity index (χ0) is 20.1. The number of carbonyl (C=O) groups is 1. The number of nitrogens with one attached hydrogen (secondary N) is 2. The summed E-state index contributed by atoms with van der Waals surface area (Å²) < 4.78 is 0. The van der Waals surface area contributed by atoms with Gasteiger partial charge in [0.15, 0.2) is 0 Å². The number of nitro benzene ring substituents is 1. The Kier molecular flexibility index (Phi) is 5.75. The van der Waals surface area contributed by atoms with Crippen molar-refractivity contribution in [1.29, 1.82) is 0 Å². The highest BCUT2D eigenvalue weighted by Crippen LogP contribution is 2.36. The summed E-state index contributed by atoms with van der Waals surface area (Å²) in [6, 6.07) is 14.0. The first kappa shape index (κ1) is 19.2. The number of hydrazone groups is 1. The lowest BCUT2D eigenvalue weighted by Gasteiger charge is -2.02. The van der Waals surface area contributed by atoms with Crippen molar-refractivity contribution in [2.45, 2.75) is 13.8 Å². The number of nitrogens with zero attached hydrogens (tertiary/aromatic N) is 3. The third kappa shape index (κ3) is 4.77. The minimum Gasteiger partial charge on any atom is -0.316 e. The van der Waals surface area contributed by atoms with Crippen LogP contribution in [-0.2, 0) is 4.79 Å². The van der Waals surface area contributed by atoms with Crippen molar-refractivity contribution in [2.24, 2.45) is 5.10 Å². The van der Waals surface area contributed by atoms with Crippen molar-refractivity contribution in [3.05, 3.63) is 69.8 Å². The van der Waals surface area contributed by atoms with Crippen LogP contribution < -0.4 is 10.7 Å². The predicted molar refractivity (Wildman–Crippen MR) is 111 cm³/mol. The average Bonchev–Trinajstić information content (AvgIpc) is 3.04. The summed E-state index contributed by atoms with van der Waals surface area (Å²) in [7, 11) is 0. The molecule has 0 bridgehead atoms. The zero-order valence-corrected chi connectivity index (χ0v) is 16.0. The maximum atomic E-state index is 11.5. The largest absolute Gasteiger partial charge is 0.316 e. The summed E-state index contributed by atoms with van der Waals surface area (Å²) in [5, 5.41) is 18.8. The minimum atomic E-state index is -0.459. The fraction of sp³-hybridized carbons (Fsp3) is 0.105. The molecule has 0 aliphatic carbocycles. The van der Waals surface area contributed by atoms with Crippen molar-refractivity contribution in [1.82, 2.24) is 4.98 Å². The third-order valence-electron chi connectivity index (χ3n) is 3.70. The van der Waals surface area contributed by atoms with Gasteiger partial charge in [-0.2, -0.15) is 5.10 Å². The smallest absolute Gasteiger partial charge is 0.270 e. The first-order valence-electron chi connectivity index (χ1n) is 8.31. The van der Waals surface area contributed by atoms with Crippen molar-refractivity contribution < 1.29 is 9.72 Å². The van der Waals surface area contributed by atoms with Gasteiger partial charge in [-0.15, -0.1) is 0 Å². The molecule has 2 aromatic carbocycles. The van der Waals surface area contributed by atoms with Gasteiger partial charge in [-0.1, -0.05) is 53.3 Å². The molecular weight excluding hydrogens is 378 g/mol. The lowest BCUT2D eigenvalue weighted by molar-refractivity contribution is -0.384. The number of thiazole rings is 1. The van der Waals surface area contributed by atoms with Gasteiger partial charge in [-0.3, -0.25) is 20.3 Å². The summed E-state index contributed by atoms with van der Waals surface area (Å²) in [5.41, 5.74) is 6.04. The van der Waals surface area contributed by atoms with E-state index in [0.29, 0.717) is 21.4 Å². The number of amides is 1. The fourth-order valence-electron chi connectivity index (χ4n) is 2.40. The van der Waals surface area contributed by atoms with Crippen LogP contribution in [0.15, 0.2) is 53.6 Å². The number of nitro groups is 1. The number of hydrogen-bond donors (Lipinski definition) is 2. The molecule has 0 saturated heterocycles. The van der Waals surface area contributed by atoms with Crippen LogP contribution in [0.3, 0.4) is 0 Å². The lowest BCUT2D eigenvalue weighted by atomic mass is 10.1. The summed E-state index contributed by atoms with van der Waals surface area (Å²) in [5.74, 6) is -0.191. The van der Waals surface area contributed by atoms with E-state index in [2.05, 4.69) is 20.8 Å². The molecule has 1 aromatic heterocycles. The molecule has 3 rings (SSSR count). The van der Waals surface area contributed by atoms with Crippen LogP contribution in [-0.4, -0.2) is 22.0 Å². The molecule has 0 saturated carbocycles. The molecule has 1 amide bonds. The number of carbonyl (C=O) groups excluding carboxylic acids is 1. The normalized spacial score (nSPS) is 10.8. The van der Waals surface area contributed by atoms with Gasteiger partial charge in [-0.05, 0) is 6.92 Å². The van der Waals surface area contributed by atoms with Gasteiger partial charge in [0.1, 0.15) is 10.7 Å². The number of rotatable bonds is 6. The topological polar surface area (TPSA) is 110 Å². The number of anilines is 2. The van der Waals surface area contributed by atoms with Crippen LogP contribution >= 0.6 is 11.3 Å². The van der Waals surface area contributed by atoms with E-state index in [0.717, 1.165) is 11.1 Å². The summed E-state index contributed by atoms with van der Waals surface area (Å²) in [6.07, 6.45) is 1.47. The van der Waals surface area contributed by atoms with Crippen LogP contribution in [0.4, 0.5) is 15.8 Å². The number of aromatic nitrogens is 1. The molecule has 142 valence electrons. The number of aryl methyl sites for hydroxylation is 1. The maximum Gasteiger partial charge on any atom is 0.270 e. The molecule has 0 atom stereocenters. The molecular formula is C19H17N5O3S. The molecule has 9 heteroatoms. The molecule has 0 unspecified atom stereocenters. The van der Waals surface area contributed by atoms with Crippen molar-refractivity contribution in [3.8, 4) is 11.3 Å². The van der Waals surface area contributed by atoms with Crippen LogP contribution in [0.2, 0.25) is 0 Å². The van der Waals surface area contributed by atoms with Crippen molar-refractivity contribution in [3.63, 3.8) is 0 Å². The molecule has 0 aliphatic heterocycles. The summed E-state index contributed by atoms with van der Waals surface area (Å²) >= 11 is 1.25. The van der Waals surface area contributed by atoms with E-state index in [9.17, 15) is 14.9 Å². The standard InChI is InChI=1S/C19H17N5O3S/c1-12-6-8-15(9-7-12)17-18(21-13(2)25)28-19(22-17)23-20-11-14-4-3-5-16(10-14)24(26)27/h3-11H,1-2H3,(H,21,25)(H,22,23)/b20-11+. The van der Waals surface area contributed by atoms with E-state index in [4.69, 9.17) is 0 Å². The van der Waals surface area contributed by atoms with Gasteiger partial charge in [0.25, 0.3) is 5.69 Å². The van der Waals surface area contributed by atoms with E-state index < -0.39 is 4.92 Å². The van der Waals surface area contributed by atoms with Crippen LogP contribution in [0, 0.1) is 17.0 Å². The first-order chi connectivity index (χ1) is 13.4. The Bertz CT molecular complexity index is 1040. The Balaban J connectivity index is 1.82. The second kappa shape index (κ2) is 8.40. The maximum absolute atomic E-state index is 11.5. The van der Waals surface area contributed by atoms with Gasteiger partial charge >= 0.3 is 0 Å². The van der Waals surface area contributed by atoms with Crippen LogP contribution in [0.25, 0.3) is 11.3 Å². The Labute approximate surface area is 165 Å². The highest BCUT2D eigenvalue weighted by molar-refractivity contribution is 7.20. The highest BCUT2D eigenvalue weighted by atomic mass is 32.1. The average molecular weight is 395 g/mol. The van der Waals surface area contributed by atoms with E-state index in [1.54, 1.807) is 12.1 Å². The predicted octanol–water partition coefficient (Wildman–Crippen LogP) is 4.43. The van der Waals surface area contributed by atoms with Crippen LogP contribution in [0.5, 0.6) is 0 Å². The number of benzene rings is 2. The van der Waals surface area contributed by atoms with Gasteiger partial charge in [0, 0.05) is 30.2 Å². The molecule has 1 heterocycles. The molecule has 0 spiro atoms. The Hall–Kier alpha value is -3.59. The van der Waals surface area contributed by atoms with E-state index in [1.807, 2.05) is 31.2 Å². The fourth-order valence-corrected chi connectivity index (χ4v) is 3.28. The number of non-ortho nitro benzene ring substituents is 1. The molecule has 0 fully saturated rings. The third-order valence-corrected chi connectivity index (χ3v) is 4.57. The van der Waals surface area contributed by atoms with Crippen molar-refractivity contribution >= 4 is 39.3 Å². The monoisotopic (exact) mass is 395 g/mol.